The third kappa shape index (κ3) is 4.60. The molecule has 1 amide bonds. The number of carbonyl (C=O) groups is 1. The summed E-state index contributed by atoms with van der Waals surface area (Å²) >= 11 is 0. The number of nitrogens with zero attached hydrogens (tertiary/aromatic N) is 3. The minimum Gasteiger partial charge on any atom is -0.365 e. The van der Waals surface area contributed by atoms with Gasteiger partial charge >= 0.3 is 0 Å². The molecule has 2 heterocycles. The van der Waals surface area contributed by atoms with Crippen molar-refractivity contribution in [2.75, 3.05) is 25.5 Å². The Morgan fingerprint density at radius 3 is 2.67 bits per heavy atom. The Kier molecular flexibility index (Phi) is 5.70. The van der Waals surface area contributed by atoms with Gasteiger partial charge in [-0.05, 0) is 50.6 Å². The lowest BCUT2D eigenvalue weighted by atomic mass is 9.94. The first kappa shape index (κ1) is 19.2. The molecule has 2 atom stereocenters. The second-order valence-electron chi connectivity index (χ2n) is 7.40. The summed E-state index contributed by atoms with van der Waals surface area (Å²) in [5.74, 6) is 0.244. The van der Waals surface area contributed by atoms with Crippen LogP contribution in [0.3, 0.4) is 0 Å². The first-order valence-corrected chi connectivity index (χ1v) is 9.20. The van der Waals surface area contributed by atoms with E-state index < -0.39 is 5.91 Å². The Balaban J connectivity index is 1.92. The Morgan fingerprint density at radius 2 is 2.04 bits per heavy atom. The van der Waals surface area contributed by atoms with Gasteiger partial charge in [-0.1, -0.05) is 19.1 Å². The number of anilines is 1. The van der Waals surface area contributed by atoms with Crippen molar-refractivity contribution in [1.29, 1.82) is 0 Å². The number of aryl methyl sites for hydroxylation is 1. The highest BCUT2D eigenvalue weighted by atomic mass is 19.1. The first-order chi connectivity index (χ1) is 12.8. The fourth-order valence-corrected chi connectivity index (χ4v) is 3.57. The van der Waals surface area contributed by atoms with Crippen molar-refractivity contribution in [3.63, 3.8) is 0 Å². The first-order valence-electron chi connectivity index (χ1n) is 9.20. The van der Waals surface area contributed by atoms with Crippen molar-refractivity contribution in [1.82, 2.24) is 14.9 Å². The predicted molar refractivity (Wildman–Crippen MR) is 103 cm³/mol. The molecule has 1 aliphatic rings. The van der Waals surface area contributed by atoms with Gasteiger partial charge in [0, 0.05) is 19.0 Å². The van der Waals surface area contributed by atoms with E-state index in [2.05, 4.69) is 34.2 Å². The Hall–Kier alpha value is -2.54. The van der Waals surface area contributed by atoms with Crippen molar-refractivity contribution in [3.05, 3.63) is 52.7 Å². The zero-order chi connectivity index (χ0) is 19.6. The van der Waals surface area contributed by atoms with Gasteiger partial charge in [-0.15, -0.1) is 0 Å². The predicted octanol–water partition coefficient (Wildman–Crippen LogP) is 2.37. The summed E-state index contributed by atoms with van der Waals surface area (Å²) in [6.07, 6.45) is 1.45. The maximum atomic E-state index is 13.2. The van der Waals surface area contributed by atoms with E-state index >= 15 is 0 Å². The zero-order valence-electron chi connectivity index (χ0n) is 16.0. The molecule has 1 aromatic carbocycles. The van der Waals surface area contributed by atoms with E-state index in [1.807, 2.05) is 0 Å². The van der Waals surface area contributed by atoms with Crippen molar-refractivity contribution in [2.24, 2.45) is 11.7 Å². The van der Waals surface area contributed by atoms with Gasteiger partial charge in [-0.3, -0.25) is 4.79 Å². The summed E-state index contributed by atoms with van der Waals surface area (Å²) in [6.45, 7) is 5.97. The highest BCUT2D eigenvalue weighted by molar-refractivity contribution is 5.92. The van der Waals surface area contributed by atoms with Crippen LogP contribution in [0.5, 0.6) is 0 Å². The number of hydrogen-bond donors (Lipinski definition) is 2. The van der Waals surface area contributed by atoms with Crippen molar-refractivity contribution in [3.8, 4) is 0 Å². The smallest absolute Gasteiger partial charge is 0.269 e. The average Bonchev–Trinajstić information content (AvgIpc) is 2.61. The molecule has 0 unspecified atom stereocenters. The maximum absolute atomic E-state index is 13.2. The summed E-state index contributed by atoms with van der Waals surface area (Å²) in [6, 6.07) is 6.53. The van der Waals surface area contributed by atoms with Crippen molar-refractivity contribution >= 4 is 11.7 Å². The van der Waals surface area contributed by atoms with Crippen LogP contribution in [0, 0.1) is 18.7 Å². The summed E-state index contributed by atoms with van der Waals surface area (Å²) in [7, 11) is 2.12. The second kappa shape index (κ2) is 8.00. The SMILES string of the molecule is Cc1nc(N[C@H]2CCN(C)C[C@@H]2C)c(Cc2ccc(F)cc2)nc1C(N)=O. The van der Waals surface area contributed by atoms with Crippen molar-refractivity contribution < 1.29 is 9.18 Å². The lowest BCUT2D eigenvalue weighted by Crippen LogP contribution is -2.43. The summed E-state index contributed by atoms with van der Waals surface area (Å²) in [5.41, 5.74) is 7.67. The molecular weight excluding hydrogens is 345 g/mol. The number of primary amides is 1. The molecule has 0 spiro atoms. The molecule has 1 fully saturated rings. The molecule has 1 aromatic heterocycles. The van der Waals surface area contributed by atoms with E-state index in [0.717, 1.165) is 25.1 Å². The maximum Gasteiger partial charge on any atom is 0.269 e. The van der Waals surface area contributed by atoms with Gasteiger partial charge in [0.05, 0.1) is 11.4 Å². The van der Waals surface area contributed by atoms with E-state index in [-0.39, 0.29) is 17.6 Å². The third-order valence-electron chi connectivity index (χ3n) is 5.09. The molecule has 0 radical (unpaired) electrons. The monoisotopic (exact) mass is 371 g/mol. The Bertz CT molecular complexity index is 824. The summed E-state index contributed by atoms with van der Waals surface area (Å²) in [5, 5.41) is 3.53. The number of piperidine rings is 1. The largest absolute Gasteiger partial charge is 0.365 e. The number of likely N-dealkylation sites (tertiary alicyclic amines) is 1. The number of aromatic nitrogens is 2. The van der Waals surface area contributed by atoms with E-state index in [9.17, 15) is 9.18 Å². The highest BCUT2D eigenvalue weighted by Crippen LogP contribution is 2.24. The van der Waals surface area contributed by atoms with Crippen LogP contribution in [0.25, 0.3) is 0 Å². The number of carbonyl (C=O) groups excluding carboxylic acids is 1. The zero-order valence-corrected chi connectivity index (χ0v) is 16.0. The molecule has 0 bridgehead atoms. The van der Waals surface area contributed by atoms with Crippen LogP contribution in [0.2, 0.25) is 0 Å². The molecule has 0 aliphatic carbocycles. The van der Waals surface area contributed by atoms with Crippen LogP contribution in [-0.2, 0) is 6.42 Å². The Labute approximate surface area is 159 Å². The molecule has 1 aliphatic heterocycles. The van der Waals surface area contributed by atoms with Crippen molar-refractivity contribution in [2.45, 2.75) is 32.7 Å². The molecule has 0 saturated carbocycles. The average molecular weight is 371 g/mol. The van der Waals surface area contributed by atoms with Crippen LogP contribution < -0.4 is 11.1 Å². The molecular formula is C20H26FN5O. The van der Waals surface area contributed by atoms with Crippen LogP contribution in [0.4, 0.5) is 10.2 Å². The number of nitrogens with two attached hydrogens (primary N) is 1. The summed E-state index contributed by atoms with van der Waals surface area (Å²) in [4.78, 5) is 23.1. The third-order valence-corrected chi connectivity index (χ3v) is 5.09. The number of nitrogens with one attached hydrogen (secondary N) is 1. The number of benzene rings is 1. The number of hydrogen-bond acceptors (Lipinski definition) is 5. The molecule has 27 heavy (non-hydrogen) atoms. The minimum atomic E-state index is -0.598. The van der Waals surface area contributed by atoms with Gasteiger partial charge < -0.3 is 16.0 Å². The fraction of sp³-hybridized carbons (Fsp3) is 0.450. The number of rotatable bonds is 5. The highest BCUT2D eigenvalue weighted by Gasteiger charge is 2.26. The van der Waals surface area contributed by atoms with E-state index in [1.165, 1.54) is 12.1 Å². The number of amides is 1. The van der Waals surface area contributed by atoms with Crippen LogP contribution in [0.15, 0.2) is 24.3 Å². The van der Waals surface area contributed by atoms with Gasteiger partial charge in [0.15, 0.2) is 0 Å². The molecule has 7 heteroatoms. The molecule has 3 rings (SSSR count). The van der Waals surface area contributed by atoms with Crippen LogP contribution in [-0.4, -0.2) is 47.0 Å². The quantitative estimate of drug-likeness (QED) is 0.843. The number of halogens is 1. The lowest BCUT2D eigenvalue weighted by molar-refractivity contribution is 0.0994. The van der Waals surface area contributed by atoms with Gasteiger partial charge in [-0.2, -0.15) is 0 Å². The second-order valence-corrected chi connectivity index (χ2v) is 7.40. The van der Waals surface area contributed by atoms with Crippen LogP contribution >= 0.6 is 0 Å². The van der Waals surface area contributed by atoms with E-state index in [0.29, 0.717) is 29.5 Å². The standard InChI is InChI=1S/C20H26FN5O/c1-12-11-26(3)9-8-16(12)25-20-17(10-14-4-6-15(21)7-5-14)24-18(19(22)27)13(2)23-20/h4-7,12,16H,8-11H2,1-3H3,(H2,22,27)(H,23,25)/t12-,16-/m0/s1. The van der Waals surface area contributed by atoms with Crippen LogP contribution in [0.1, 0.15) is 40.8 Å². The Morgan fingerprint density at radius 1 is 1.33 bits per heavy atom. The minimum absolute atomic E-state index is 0.175. The molecule has 144 valence electrons. The molecule has 6 nitrogen and oxygen atoms in total. The van der Waals surface area contributed by atoms with Gasteiger partial charge in [0.2, 0.25) is 0 Å². The van der Waals surface area contributed by atoms with E-state index in [4.69, 9.17) is 5.73 Å². The topological polar surface area (TPSA) is 84.1 Å². The molecule has 1 saturated heterocycles. The summed E-state index contributed by atoms with van der Waals surface area (Å²) < 4.78 is 13.2. The van der Waals surface area contributed by atoms with Gasteiger partial charge in [-0.25, -0.2) is 14.4 Å². The van der Waals surface area contributed by atoms with Gasteiger partial charge in [0.1, 0.15) is 17.3 Å². The lowest BCUT2D eigenvalue weighted by Gasteiger charge is -2.35. The molecule has 3 N–H and O–H groups in total. The van der Waals surface area contributed by atoms with Gasteiger partial charge in [0.25, 0.3) is 5.91 Å². The normalized spacial score (nSPS) is 20.4. The molecule has 2 aromatic rings. The fourth-order valence-electron chi connectivity index (χ4n) is 3.57. The van der Waals surface area contributed by atoms with E-state index in [1.54, 1.807) is 19.1 Å².